The lowest BCUT2D eigenvalue weighted by atomic mass is 9.94. The van der Waals surface area contributed by atoms with Crippen LogP contribution in [0, 0.1) is 0 Å². The van der Waals surface area contributed by atoms with Gasteiger partial charge in [0.25, 0.3) is 0 Å². The fourth-order valence-electron chi connectivity index (χ4n) is 7.35. The predicted molar refractivity (Wildman–Crippen MR) is 203 cm³/mol. The van der Waals surface area contributed by atoms with Crippen molar-refractivity contribution in [3.63, 3.8) is 0 Å². The fraction of sp³-hybridized carbons (Fsp3) is 0.0444. The quantitative estimate of drug-likeness (QED) is 0.187. The molecule has 0 spiro atoms. The molecule has 0 N–H and O–H groups in total. The van der Waals surface area contributed by atoms with Crippen molar-refractivity contribution in [2.75, 3.05) is 0 Å². The average Bonchev–Trinajstić information content (AvgIpc) is 3.74. The Morgan fingerprint density at radius 2 is 1.20 bits per heavy atom. The second kappa shape index (κ2) is 11.5. The first-order valence-electron chi connectivity index (χ1n) is 17.0. The number of furan rings is 1. The number of aryl methyl sites for hydroxylation is 1. The van der Waals surface area contributed by atoms with Gasteiger partial charge in [-0.2, -0.15) is 9.97 Å². The van der Waals surface area contributed by atoms with E-state index in [-0.39, 0.29) is 0 Å². The molecular weight excluding hydrogens is 613 g/mol. The minimum absolute atomic E-state index is 0.568. The average molecular weight is 643 g/mol. The zero-order valence-corrected chi connectivity index (χ0v) is 27.1. The molecule has 5 nitrogen and oxygen atoms in total. The lowest BCUT2D eigenvalue weighted by molar-refractivity contribution is 0.546. The number of rotatable bonds is 5. The molecule has 0 fully saturated rings. The molecule has 0 atom stereocenters. The molecule has 5 heteroatoms. The minimum atomic E-state index is 0.568. The van der Waals surface area contributed by atoms with Crippen LogP contribution in [0.25, 0.3) is 89.8 Å². The van der Waals surface area contributed by atoms with Crippen LogP contribution in [0.15, 0.2) is 156 Å². The number of aromatic nitrogens is 4. The molecule has 0 unspecified atom stereocenters. The molecule has 3 aromatic heterocycles. The summed E-state index contributed by atoms with van der Waals surface area (Å²) in [5, 5.41) is 3.38. The van der Waals surface area contributed by atoms with Gasteiger partial charge in [0.1, 0.15) is 11.3 Å². The van der Waals surface area contributed by atoms with Gasteiger partial charge in [-0.15, -0.1) is 0 Å². The van der Waals surface area contributed by atoms with Crippen molar-refractivity contribution in [3.8, 4) is 51.0 Å². The van der Waals surface area contributed by atoms with Gasteiger partial charge in [0.15, 0.2) is 11.6 Å². The second-order valence-electron chi connectivity index (χ2n) is 12.7. The Morgan fingerprint density at radius 3 is 1.98 bits per heavy atom. The van der Waals surface area contributed by atoms with E-state index in [1.165, 1.54) is 0 Å². The van der Waals surface area contributed by atoms with E-state index in [9.17, 15) is 0 Å². The van der Waals surface area contributed by atoms with Crippen LogP contribution in [0.2, 0.25) is 0 Å². The molecular formula is C45H30N4O. The predicted octanol–water partition coefficient (Wildman–Crippen LogP) is 11.3. The van der Waals surface area contributed by atoms with E-state index in [0.29, 0.717) is 17.6 Å². The molecule has 0 aliphatic heterocycles. The van der Waals surface area contributed by atoms with Crippen LogP contribution in [0.4, 0.5) is 0 Å². The topological polar surface area (TPSA) is 56.7 Å². The second-order valence-corrected chi connectivity index (χ2v) is 12.7. The first-order chi connectivity index (χ1) is 24.8. The van der Waals surface area contributed by atoms with Gasteiger partial charge in [0.05, 0.1) is 11.0 Å². The minimum Gasteiger partial charge on any atom is -0.460 e. The van der Waals surface area contributed by atoms with Crippen molar-refractivity contribution < 1.29 is 4.42 Å². The molecule has 10 rings (SSSR count). The van der Waals surface area contributed by atoms with E-state index >= 15 is 0 Å². The lowest BCUT2D eigenvalue weighted by Gasteiger charge is -2.13. The van der Waals surface area contributed by atoms with Gasteiger partial charge < -0.3 is 4.42 Å². The highest BCUT2D eigenvalue weighted by Crippen LogP contribution is 2.41. The van der Waals surface area contributed by atoms with E-state index in [1.807, 2.05) is 24.3 Å². The third-order valence-corrected chi connectivity index (χ3v) is 9.70. The van der Waals surface area contributed by atoms with Crippen molar-refractivity contribution in [2.45, 2.75) is 12.8 Å². The van der Waals surface area contributed by atoms with Crippen LogP contribution < -0.4 is 0 Å². The largest absolute Gasteiger partial charge is 0.460 e. The maximum atomic E-state index is 6.24. The summed E-state index contributed by atoms with van der Waals surface area (Å²) in [5.41, 5.74) is 10.5. The number of para-hydroxylation sites is 1. The maximum absolute atomic E-state index is 6.24. The van der Waals surface area contributed by atoms with Crippen LogP contribution in [-0.2, 0) is 6.42 Å². The Balaban J connectivity index is 1.28. The molecule has 50 heavy (non-hydrogen) atoms. The van der Waals surface area contributed by atoms with E-state index in [2.05, 4.69) is 138 Å². The van der Waals surface area contributed by atoms with Gasteiger partial charge in [-0.05, 0) is 65.1 Å². The summed E-state index contributed by atoms with van der Waals surface area (Å²) in [4.78, 5) is 15.6. The van der Waals surface area contributed by atoms with Crippen molar-refractivity contribution in [1.82, 2.24) is 19.5 Å². The summed E-state index contributed by atoms with van der Waals surface area (Å²) in [5.74, 6) is 2.83. The summed E-state index contributed by atoms with van der Waals surface area (Å²) in [6.45, 7) is 0. The van der Waals surface area contributed by atoms with Crippen molar-refractivity contribution in [1.29, 1.82) is 0 Å². The fourth-order valence-corrected chi connectivity index (χ4v) is 7.35. The Kier molecular flexibility index (Phi) is 6.56. The molecule has 1 aliphatic carbocycles. The standard InChI is InChI=1S/C45H30N4O/c1-4-14-29(15-5-1)33-27-36(30-16-6-2-7-17-30)42-35-21-10-12-22-38(35)49(39(42)28-33)45-47-43(31-18-8-3-9-19-31)46-44(48-45)32-24-25-41-37(26-32)34-20-11-13-23-40(34)50-41/h1-12,14-22,24-28H,13,23H2. The number of hydrogen-bond acceptors (Lipinski definition) is 4. The summed E-state index contributed by atoms with van der Waals surface area (Å²) < 4.78 is 8.45. The zero-order chi connectivity index (χ0) is 33.0. The third kappa shape index (κ3) is 4.66. The van der Waals surface area contributed by atoms with Gasteiger partial charge in [0.2, 0.25) is 5.95 Å². The summed E-state index contributed by atoms with van der Waals surface area (Å²) in [6.07, 6.45) is 6.30. The number of hydrogen-bond donors (Lipinski definition) is 0. The maximum Gasteiger partial charge on any atom is 0.238 e. The Morgan fingerprint density at radius 1 is 0.520 bits per heavy atom. The lowest BCUT2D eigenvalue weighted by Crippen LogP contribution is -2.06. The normalized spacial score (nSPS) is 12.6. The van der Waals surface area contributed by atoms with Crippen LogP contribution in [0.1, 0.15) is 17.7 Å². The molecule has 0 bridgehead atoms. The van der Waals surface area contributed by atoms with Crippen LogP contribution in [-0.4, -0.2) is 19.5 Å². The van der Waals surface area contributed by atoms with Gasteiger partial charge in [0, 0.05) is 39.3 Å². The van der Waals surface area contributed by atoms with Crippen LogP contribution in [0.5, 0.6) is 0 Å². The van der Waals surface area contributed by atoms with Gasteiger partial charge in [-0.3, -0.25) is 4.57 Å². The Labute approximate surface area is 288 Å². The first kappa shape index (κ1) is 28.4. The van der Waals surface area contributed by atoms with E-state index < -0.39 is 0 Å². The Hall–Kier alpha value is -6.59. The molecule has 236 valence electrons. The molecule has 3 heterocycles. The molecule has 0 saturated carbocycles. The van der Waals surface area contributed by atoms with Crippen molar-refractivity contribution in [2.24, 2.45) is 0 Å². The SMILES string of the molecule is C1=Cc2c(oc3ccc(-c4nc(-c5ccccc5)nc(-n5c6ccccc6c6c(-c7ccccc7)cc(-c7ccccc7)cc65)n4)cc23)CC1. The number of benzene rings is 6. The molecule has 1 aliphatic rings. The number of allylic oxidation sites excluding steroid dienone is 1. The molecule has 6 aromatic carbocycles. The first-order valence-corrected chi connectivity index (χ1v) is 17.0. The highest BCUT2D eigenvalue weighted by Gasteiger charge is 2.22. The number of nitrogens with zero attached hydrogens (tertiary/aromatic N) is 4. The highest BCUT2D eigenvalue weighted by atomic mass is 16.3. The molecule has 0 radical (unpaired) electrons. The van der Waals surface area contributed by atoms with E-state index in [4.69, 9.17) is 19.4 Å². The third-order valence-electron chi connectivity index (χ3n) is 9.70. The van der Waals surface area contributed by atoms with Gasteiger partial charge >= 0.3 is 0 Å². The van der Waals surface area contributed by atoms with Crippen molar-refractivity contribution >= 4 is 38.9 Å². The Bertz CT molecular complexity index is 2740. The van der Waals surface area contributed by atoms with E-state index in [0.717, 1.165) is 90.3 Å². The number of fused-ring (bicyclic) bond motifs is 6. The monoisotopic (exact) mass is 642 g/mol. The van der Waals surface area contributed by atoms with Gasteiger partial charge in [-0.25, -0.2) is 4.98 Å². The van der Waals surface area contributed by atoms with Crippen LogP contribution >= 0.6 is 0 Å². The summed E-state index contributed by atoms with van der Waals surface area (Å²) >= 11 is 0. The molecule has 0 saturated heterocycles. The zero-order valence-electron chi connectivity index (χ0n) is 27.1. The smallest absolute Gasteiger partial charge is 0.238 e. The molecule has 0 amide bonds. The van der Waals surface area contributed by atoms with E-state index in [1.54, 1.807) is 0 Å². The van der Waals surface area contributed by atoms with Crippen molar-refractivity contribution in [3.05, 3.63) is 163 Å². The summed E-state index contributed by atoms with van der Waals surface area (Å²) in [6, 6.07) is 50.8. The van der Waals surface area contributed by atoms with Gasteiger partial charge in [-0.1, -0.05) is 121 Å². The highest BCUT2D eigenvalue weighted by molar-refractivity contribution is 6.16. The molecule has 9 aromatic rings. The van der Waals surface area contributed by atoms with Crippen LogP contribution in [0.3, 0.4) is 0 Å². The summed E-state index contributed by atoms with van der Waals surface area (Å²) in [7, 11) is 0.